The second-order valence-electron chi connectivity index (χ2n) is 4.58. The fourth-order valence-electron chi connectivity index (χ4n) is 1.92. The van der Waals surface area contributed by atoms with E-state index in [0.717, 1.165) is 10.0 Å². The van der Waals surface area contributed by atoms with Crippen LogP contribution in [0.4, 0.5) is 4.39 Å². The second kappa shape index (κ2) is 6.74. The zero-order chi connectivity index (χ0) is 16.4. The second-order valence-corrected chi connectivity index (χ2v) is 6.32. The molecular weight excluding hydrogens is 403 g/mol. The fourth-order valence-corrected chi connectivity index (χ4v) is 2.60. The molecule has 0 aliphatic carbocycles. The number of nitrogens with zero attached hydrogens (tertiary/aromatic N) is 3. The van der Waals surface area contributed by atoms with Gasteiger partial charge in [-0.05, 0) is 54.7 Å². The number of H-pyrrole nitrogens is 1. The number of benzene rings is 2. The maximum absolute atomic E-state index is 13.8. The zero-order valence-electron chi connectivity index (χ0n) is 11.5. The molecule has 0 aliphatic rings. The minimum atomic E-state index is -0.375. The third-order valence-corrected chi connectivity index (χ3v) is 4.03. The predicted molar refractivity (Wildman–Crippen MR) is 94.9 cm³/mol. The molecule has 1 aromatic heterocycles. The highest BCUT2D eigenvalue weighted by Crippen LogP contribution is 2.20. The first kappa shape index (κ1) is 16.0. The van der Waals surface area contributed by atoms with E-state index in [1.807, 2.05) is 0 Å². The number of halogens is 3. The molecule has 0 amide bonds. The molecule has 0 fully saturated rings. The normalized spacial score (nSPS) is 11.3. The summed E-state index contributed by atoms with van der Waals surface area (Å²) in [4.78, 5) is 0. The van der Waals surface area contributed by atoms with E-state index in [4.69, 9.17) is 23.8 Å². The van der Waals surface area contributed by atoms with E-state index in [1.54, 1.807) is 36.4 Å². The minimum Gasteiger partial charge on any atom is -0.250 e. The first-order chi connectivity index (χ1) is 11.0. The predicted octanol–water partition coefficient (Wildman–Crippen LogP) is 5.04. The highest BCUT2D eigenvalue weighted by Gasteiger charge is 2.08. The third-order valence-electron chi connectivity index (χ3n) is 3.02. The van der Waals surface area contributed by atoms with Gasteiger partial charge in [-0.1, -0.05) is 27.5 Å². The van der Waals surface area contributed by atoms with E-state index in [1.165, 1.54) is 17.0 Å². The SMILES string of the molecule is Fc1ccc(Br)cc1/C=N\n1c(-c2ccc(Cl)cc2)n[nH]c1=S. The maximum atomic E-state index is 13.8. The Kier molecular flexibility index (Phi) is 4.70. The van der Waals surface area contributed by atoms with Gasteiger partial charge in [-0.3, -0.25) is 0 Å². The third kappa shape index (κ3) is 3.57. The number of nitrogens with one attached hydrogen (secondary N) is 1. The van der Waals surface area contributed by atoms with Crippen molar-refractivity contribution in [2.75, 3.05) is 0 Å². The molecular formula is C15H9BrClFN4S. The van der Waals surface area contributed by atoms with Crippen molar-refractivity contribution in [3.8, 4) is 11.4 Å². The quantitative estimate of drug-likeness (QED) is 0.484. The summed E-state index contributed by atoms with van der Waals surface area (Å²) in [5.41, 5.74) is 1.12. The molecule has 0 bridgehead atoms. The molecule has 0 atom stereocenters. The maximum Gasteiger partial charge on any atom is 0.216 e. The van der Waals surface area contributed by atoms with Crippen LogP contribution in [-0.4, -0.2) is 21.1 Å². The van der Waals surface area contributed by atoms with Crippen molar-refractivity contribution in [3.63, 3.8) is 0 Å². The molecule has 8 heteroatoms. The van der Waals surface area contributed by atoms with E-state index in [9.17, 15) is 4.39 Å². The van der Waals surface area contributed by atoms with Crippen molar-refractivity contribution in [2.45, 2.75) is 0 Å². The summed E-state index contributed by atoms with van der Waals surface area (Å²) in [5.74, 6) is 0.137. The molecule has 4 nitrogen and oxygen atoms in total. The van der Waals surface area contributed by atoms with Gasteiger partial charge in [0.05, 0.1) is 6.21 Å². The molecule has 23 heavy (non-hydrogen) atoms. The lowest BCUT2D eigenvalue weighted by Crippen LogP contribution is -1.96. The molecule has 0 spiro atoms. The molecule has 0 saturated carbocycles. The Bertz CT molecular complexity index is 933. The van der Waals surface area contributed by atoms with Crippen molar-refractivity contribution in [1.82, 2.24) is 14.9 Å². The number of aromatic nitrogens is 3. The minimum absolute atomic E-state index is 0.307. The van der Waals surface area contributed by atoms with Crippen LogP contribution in [0.2, 0.25) is 5.02 Å². The standard InChI is InChI=1S/C15H9BrClFN4S/c16-11-3-6-13(18)10(7-11)8-19-22-14(20-21-15(22)23)9-1-4-12(17)5-2-9/h1-8H,(H,21,23)/b19-8-. The van der Waals surface area contributed by atoms with E-state index in [0.29, 0.717) is 21.2 Å². The number of hydrogen-bond donors (Lipinski definition) is 1. The van der Waals surface area contributed by atoms with Gasteiger partial charge in [0.2, 0.25) is 4.77 Å². The van der Waals surface area contributed by atoms with Crippen LogP contribution in [0.5, 0.6) is 0 Å². The number of rotatable bonds is 3. The van der Waals surface area contributed by atoms with Crippen LogP contribution in [0.3, 0.4) is 0 Å². The largest absolute Gasteiger partial charge is 0.250 e. The highest BCUT2D eigenvalue weighted by atomic mass is 79.9. The van der Waals surface area contributed by atoms with Gasteiger partial charge in [0.15, 0.2) is 5.82 Å². The van der Waals surface area contributed by atoms with Crippen LogP contribution in [0.25, 0.3) is 11.4 Å². The van der Waals surface area contributed by atoms with Crippen molar-refractivity contribution >= 4 is 46.0 Å². The van der Waals surface area contributed by atoms with Gasteiger partial charge < -0.3 is 0 Å². The molecule has 0 radical (unpaired) electrons. The Labute approximate surface area is 149 Å². The molecule has 0 unspecified atom stereocenters. The molecule has 3 aromatic rings. The summed E-state index contributed by atoms with van der Waals surface area (Å²) in [6.45, 7) is 0. The lowest BCUT2D eigenvalue weighted by atomic mass is 10.2. The summed E-state index contributed by atoms with van der Waals surface area (Å²) in [5, 5.41) is 11.7. The van der Waals surface area contributed by atoms with Crippen LogP contribution >= 0.6 is 39.7 Å². The van der Waals surface area contributed by atoms with Gasteiger partial charge in [0, 0.05) is 20.6 Å². The molecule has 3 rings (SSSR count). The summed E-state index contributed by atoms with van der Waals surface area (Å²) >= 11 is 14.4. The Balaban J connectivity index is 2.02. The molecule has 0 saturated heterocycles. The Hall–Kier alpha value is -1.83. The van der Waals surface area contributed by atoms with Gasteiger partial charge in [-0.25, -0.2) is 9.49 Å². The smallest absolute Gasteiger partial charge is 0.216 e. The first-order valence-electron chi connectivity index (χ1n) is 6.47. The van der Waals surface area contributed by atoms with E-state index >= 15 is 0 Å². The molecule has 0 aliphatic heterocycles. The lowest BCUT2D eigenvalue weighted by molar-refractivity contribution is 0.625. The average molecular weight is 412 g/mol. The van der Waals surface area contributed by atoms with Gasteiger partial charge in [-0.15, -0.1) is 0 Å². The van der Waals surface area contributed by atoms with Crippen LogP contribution < -0.4 is 0 Å². The molecule has 1 heterocycles. The van der Waals surface area contributed by atoms with Crippen molar-refractivity contribution < 1.29 is 4.39 Å². The van der Waals surface area contributed by atoms with E-state index in [-0.39, 0.29) is 5.82 Å². The molecule has 116 valence electrons. The Morgan fingerprint density at radius 3 is 2.74 bits per heavy atom. The lowest BCUT2D eigenvalue weighted by Gasteiger charge is -2.02. The number of hydrogen-bond acceptors (Lipinski definition) is 3. The highest BCUT2D eigenvalue weighted by molar-refractivity contribution is 9.10. The van der Waals surface area contributed by atoms with Gasteiger partial charge >= 0.3 is 0 Å². The zero-order valence-corrected chi connectivity index (χ0v) is 14.7. The monoisotopic (exact) mass is 410 g/mol. The first-order valence-corrected chi connectivity index (χ1v) is 8.05. The van der Waals surface area contributed by atoms with Gasteiger partial charge in [0.25, 0.3) is 0 Å². The average Bonchev–Trinajstić information content (AvgIpc) is 2.90. The van der Waals surface area contributed by atoms with E-state index in [2.05, 4.69) is 31.2 Å². The molecule has 1 N–H and O–H groups in total. The Morgan fingerprint density at radius 2 is 2.00 bits per heavy atom. The van der Waals surface area contributed by atoms with Gasteiger partial charge in [0.1, 0.15) is 5.82 Å². The summed E-state index contributed by atoms with van der Waals surface area (Å²) < 4.78 is 16.3. The molecule has 2 aromatic carbocycles. The van der Waals surface area contributed by atoms with Crippen molar-refractivity contribution in [2.24, 2.45) is 5.10 Å². The Morgan fingerprint density at radius 1 is 1.26 bits per heavy atom. The fraction of sp³-hybridized carbons (Fsp3) is 0. The van der Waals surface area contributed by atoms with Crippen molar-refractivity contribution in [1.29, 1.82) is 0 Å². The van der Waals surface area contributed by atoms with Crippen LogP contribution in [0.15, 0.2) is 52.0 Å². The van der Waals surface area contributed by atoms with Crippen LogP contribution in [-0.2, 0) is 0 Å². The van der Waals surface area contributed by atoms with E-state index < -0.39 is 0 Å². The van der Waals surface area contributed by atoms with Crippen molar-refractivity contribution in [3.05, 3.63) is 68.1 Å². The van der Waals surface area contributed by atoms with Gasteiger partial charge in [-0.2, -0.15) is 14.9 Å². The van der Waals surface area contributed by atoms with Crippen LogP contribution in [0, 0.1) is 10.6 Å². The summed E-state index contributed by atoms with van der Waals surface area (Å²) in [7, 11) is 0. The number of aromatic amines is 1. The summed E-state index contributed by atoms with van der Waals surface area (Å²) in [6, 6.07) is 11.7. The van der Waals surface area contributed by atoms with Crippen LogP contribution in [0.1, 0.15) is 5.56 Å². The summed E-state index contributed by atoms with van der Waals surface area (Å²) in [6.07, 6.45) is 1.39. The topological polar surface area (TPSA) is 46.0 Å².